The lowest BCUT2D eigenvalue weighted by Crippen LogP contribution is -2.29. The summed E-state index contributed by atoms with van der Waals surface area (Å²) in [5.41, 5.74) is 5.48. The van der Waals surface area contributed by atoms with Gasteiger partial charge in [-0.05, 0) is 26.0 Å². The Balaban J connectivity index is 2.90. The first-order valence-electron chi connectivity index (χ1n) is 7.07. The summed E-state index contributed by atoms with van der Waals surface area (Å²) in [6.45, 7) is 15.6. The predicted octanol–water partition coefficient (Wildman–Crippen LogP) is 3.78. The molecule has 4 heteroatoms. The van der Waals surface area contributed by atoms with E-state index in [9.17, 15) is 4.21 Å². The van der Waals surface area contributed by atoms with E-state index in [0.717, 1.165) is 10.5 Å². The van der Waals surface area contributed by atoms with Gasteiger partial charge in [0.1, 0.15) is 19.1 Å². The third kappa shape index (κ3) is 6.90. The SMILES string of the molecule is C=C(C)CN(CC#C[Si](C)(C)C)S(=O)c1ccc(C)cc1. The van der Waals surface area contributed by atoms with Gasteiger partial charge in [0.15, 0.2) is 0 Å². The van der Waals surface area contributed by atoms with Gasteiger partial charge in [0.05, 0.1) is 11.4 Å². The summed E-state index contributed by atoms with van der Waals surface area (Å²) in [6.07, 6.45) is 0. The van der Waals surface area contributed by atoms with Crippen LogP contribution in [0.3, 0.4) is 0 Å². The molecular weight excluding hydrogens is 294 g/mol. The Labute approximate surface area is 132 Å². The van der Waals surface area contributed by atoms with Gasteiger partial charge in [-0.25, -0.2) is 8.51 Å². The maximum atomic E-state index is 12.7. The molecular formula is C17H25NOSSi. The maximum Gasteiger partial charge on any atom is 0.129 e. The molecule has 0 spiro atoms. The minimum absolute atomic E-state index is 0.512. The van der Waals surface area contributed by atoms with Crippen molar-refractivity contribution in [2.45, 2.75) is 38.4 Å². The van der Waals surface area contributed by atoms with Crippen molar-refractivity contribution in [1.29, 1.82) is 0 Å². The molecule has 0 aliphatic rings. The summed E-state index contributed by atoms with van der Waals surface area (Å²) in [6, 6.07) is 7.81. The number of hydrogen-bond donors (Lipinski definition) is 0. The summed E-state index contributed by atoms with van der Waals surface area (Å²) in [5.74, 6) is 3.20. The van der Waals surface area contributed by atoms with Crippen molar-refractivity contribution < 1.29 is 4.21 Å². The van der Waals surface area contributed by atoms with E-state index >= 15 is 0 Å². The molecule has 0 amide bonds. The molecule has 0 radical (unpaired) electrons. The van der Waals surface area contributed by atoms with Crippen molar-refractivity contribution in [2.24, 2.45) is 0 Å². The molecule has 0 saturated heterocycles. The van der Waals surface area contributed by atoms with E-state index in [-0.39, 0.29) is 0 Å². The Morgan fingerprint density at radius 3 is 2.33 bits per heavy atom. The molecule has 0 aliphatic heterocycles. The molecule has 0 bridgehead atoms. The lowest BCUT2D eigenvalue weighted by atomic mass is 10.2. The topological polar surface area (TPSA) is 20.3 Å². The van der Waals surface area contributed by atoms with Gasteiger partial charge in [-0.3, -0.25) is 0 Å². The molecule has 0 N–H and O–H groups in total. The highest BCUT2D eigenvalue weighted by Gasteiger charge is 2.15. The average Bonchev–Trinajstić information content (AvgIpc) is 2.36. The standard InChI is InChI=1S/C17H25NOSSi/c1-15(2)14-18(12-7-13-21(4,5)6)20(19)17-10-8-16(3)9-11-17/h8-11H,1,12,14H2,2-6H3. The summed E-state index contributed by atoms with van der Waals surface area (Å²) in [7, 11) is -2.59. The van der Waals surface area contributed by atoms with Crippen molar-refractivity contribution in [3.05, 3.63) is 42.0 Å². The van der Waals surface area contributed by atoms with Crippen LogP contribution in [0.1, 0.15) is 12.5 Å². The Morgan fingerprint density at radius 2 is 1.86 bits per heavy atom. The molecule has 21 heavy (non-hydrogen) atoms. The molecule has 1 unspecified atom stereocenters. The Bertz CT molecular complexity index is 576. The third-order valence-corrected chi connectivity index (χ3v) is 4.95. The number of nitrogens with zero attached hydrogens (tertiary/aromatic N) is 1. The summed E-state index contributed by atoms with van der Waals surface area (Å²) < 4.78 is 14.6. The number of benzene rings is 1. The summed E-state index contributed by atoms with van der Waals surface area (Å²) in [4.78, 5) is 0.816. The van der Waals surface area contributed by atoms with Crippen LogP contribution in [-0.4, -0.2) is 29.7 Å². The molecule has 0 saturated carbocycles. The van der Waals surface area contributed by atoms with Gasteiger partial charge in [0.2, 0.25) is 0 Å². The molecule has 2 nitrogen and oxygen atoms in total. The van der Waals surface area contributed by atoms with Crippen LogP contribution in [0, 0.1) is 18.4 Å². The molecule has 0 aromatic heterocycles. The van der Waals surface area contributed by atoms with Gasteiger partial charge in [0.25, 0.3) is 0 Å². The number of aryl methyl sites for hydroxylation is 1. The van der Waals surface area contributed by atoms with Gasteiger partial charge >= 0.3 is 0 Å². The highest BCUT2D eigenvalue weighted by atomic mass is 32.2. The maximum absolute atomic E-state index is 12.7. The fourth-order valence-electron chi connectivity index (χ4n) is 1.67. The van der Waals surface area contributed by atoms with E-state index in [1.54, 1.807) is 0 Å². The highest BCUT2D eigenvalue weighted by molar-refractivity contribution is 7.82. The van der Waals surface area contributed by atoms with Crippen LogP contribution in [-0.2, 0) is 11.0 Å². The van der Waals surface area contributed by atoms with Gasteiger partial charge in [-0.15, -0.1) is 5.54 Å². The fourth-order valence-corrected chi connectivity index (χ4v) is 3.47. The normalized spacial score (nSPS) is 12.7. The molecule has 0 fully saturated rings. The van der Waals surface area contributed by atoms with Crippen LogP contribution in [0.5, 0.6) is 0 Å². The summed E-state index contributed by atoms with van der Waals surface area (Å²) >= 11 is 0. The Morgan fingerprint density at radius 1 is 1.29 bits per heavy atom. The van der Waals surface area contributed by atoms with Crippen molar-refractivity contribution in [3.8, 4) is 11.5 Å². The van der Waals surface area contributed by atoms with Crippen LogP contribution in [0.15, 0.2) is 41.3 Å². The van der Waals surface area contributed by atoms with Crippen LogP contribution >= 0.6 is 0 Å². The van der Waals surface area contributed by atoms with Crippen molar-refractivity contribution in [2.75, 3.05) is 13.1 Å². The summed E-state index contributed by atoms with van der Waals surface area (Å²) in [5, 5.41) is 0. The molecule has 0 heterocycles. The lowest BCUT2D eigenvalue weighted by molar-refractivity contribution is 0.526. The van der Waals surface area contributed by atoms with Gasteiger partial charge in [0, 0.05) is 6.54 Å². The van der Waals surface area contributed by atoms with Crippen LogP contribution in [0.4, 0.5) is 0 Å². The van der Waals surface area contributed by atoms with Crippen LogP contribution in [0.2, 0.25) is 19.6 Å². The lowest BCUT2D eigenvalue weighted by Gasteiger charge is -2.19. The van der Waals surface area contributed by atoms with E-state index in [2.05, 4.69) is 37.7 Å². The van der Waals surface area contributed by atoms with Crippen molar-refractivity contribution in [3.63, 3.8) is 0 Å². The monoisotopic (exact) mass is 319 g/mol. The fraction of sp³-hybridized carbons (Fsp3) is 0.412. The second-order valence-corrected chi connectivity index (χ2v) is 12.6. The molecule has 114 valence electrons. The molecule has 1 rings (SSSR count). The zero-order valence-corrected chi connectivity index (χ0v) is 15.5. The second-order valence-electron chi connectivity index (χ2n) is 6.37. The van der Waals surface area contributed by atoms with Crippen molar-refractivity contribution >= 4 is 19.1 Å². The second kappa shape index (κ2) is 7.74. The molecule has 1 atom stereocenters. The molecule has 1 aromatic carbocycles. The smallest absolute Gasteiger partial charge is 0.129 e. The third-order valence-electron chi connectivity index (χ3n) is 2.62. The average molecular weight is 320 g/mol. The van der Waals surface area contributed by atoms with E-state index in [1.807, 2.05) is 42.4 Å². The zero-order valence-electron chi connectivity index (χ0n) is 13.7. The van der Waals surface area contributed by atoms with Gasteiger partial charge < -0.3 is 0 Å². The number of hydrogen-bond acceptors (Lipinski definition) is 1. The highest BCUT2D eigenvalue weighted by Crippen LogP contribution is 2.13. The van der Waals surface area contributed by atoms with E-state index in [4.69, 9.17) is 0 Å². The largest absolute Gasteiger partial charge is 0.237 e. The first-order valence-corrected chi connectivity index (χ1v) is 11.7. The minimum atomic E-state index is -1.39. The van der Waals surface area contributed by atoms with E-state index < -0.39 is 19.1 Å². The Hall–Kier alpha value is -1.15. The van der Waals surface area contributed by atoms with E-state index in [0.29, 0.717) is 13.1 Å². The Kier molecular flexibility index (Phi) is 6.60. The first kappa shape index (κ1) is 17.9. The van der Waals surface area contributed by atoms with Crippen LogP contribution < -0.4 is 0 Å². The van der Waals surface area contributed by atoms with Crippen molar-refractivity contribution in [1.82, 2.24) is 4.31 Å². The molecule has 1 aromatic rings. The first-order chi connectivity index (χ1) is 9.69. The van der Waals surface area contributed by atoms with Crippen LogP contribution in [0.25, 0.3) is 0 Å². The number of rotatable bonds is 5. The van der Waals surface area contributed by atoms with Gasteiger partial charge in [-0.1, -0.05) is 55.4 Å². The quantitative estimate of drug-likeness (QED) is 0.459. The molecule has 0 aliphatic carbocycles. The zero-order chi connectivity index (χ0) is 16.0. The minimum Gasteiger partial charge on any atom is -0.237 e. The van der Waals surface area contributed by atoms with Gasteiger partial charge in [-0.2, -0.15) is 0 Å². The predicted molar refractivity (Wildman–Crippen MR) is 95.1 cm³/mol. The van der Waals surface area contributed by atoms with E-state index in [1.165, 1.54) is 5.56 Å².